The van der Waals surface area contributed by atoms with Gasteiger partial charge in [-0.1, -0.05) is 35.9 Å². The lowest BCUT2D eigenvalue weighted by Gasteiger charge is -2.33. The molecule has 0 aliphatic carbocycles. The Bertz CT molecular complexity index is 1220. The Morgan fingerprint density at radius 3 is 2.71 bits per heavy atom. The lowest BCUT2D eigenvalue weighted by molar-refractivity contribution is 0.198. The van der Waals surface area contributed by atoms with Crippen LogP contribution in [-0.4, -0.2) is 37.6 Å². The Morgan fingerprint density at radius 1 is 1.10 bits per heavy atom. The van der Waals surface area contributed by atoms with Crippen LogP contribution in [0.4, 0.5) is 0 Å². The molecule has 0 radical (unpaired) electrons. The Labute approximate surface area is 189 Å². The molecule has 1 aliphatic rings. The number of likely N-dealkylation sites (tertiary alicyclic amines) is 1. The highest BCUT2D eigenvalue weighted by Gasteiger charge is 2.24. The molecule has 2 unspecified atom stereocenters. The van der Waals surface area contributed by atoms with Crippen molar-refractivity contribution >= 4 is 31.9 Å². The van der Waals surface area contributed by atoms with Crippen molar-refractivity contribution in [3.8, 4) is 11.1 Å². The van der Waals surface area contributed by atoms with Crippen LogP contribution in [0.25, 0.3) is 16.9 Å². The third-order valence-electron chi connectivity index (χ3n) is 6.05. The van der Waals surface area contributed by atoms with Gasteiger partial charge in [-0.15, -0.1) is 9.24 Å². The second-order valence-corrected chi connectivity index (χ2v) is 9.35. The molecule has 0 spiro atoms. The summed E-state index contributed by atoms with van der Waals surface area (Å²) in [6, 6.07) is 16.9. The van der Waals surface area contributed by atoms with Gasteiger partial charge in [-0.25, -0.2) is 9.50 Å². The molecule has 1 fully saturated rings. The Kier molecular flexibility index (Phi) is 5.75. The van der Waals surface area contributed by atoms with Crippen LogP contribution in [-0.2, 0) is 6.54 Å². The number of halogens is 1. The maximum atomic E-state index is 6.03. The van der Waals surface area contributed by atoms with Gasteiger partial charge in [-0.3, -0.25) is 4.90 Å². The number of hydrogen-bond acceptors (Lipinski definition) is 4. The zero-order chi connectivity index (χ0) is 21.4. The van der Waals surface area contributed by atoms with E-state index in [1.165, 1.54) is 34.1 Å². The van der Waals surface area contributed by atoms with E-state index in [-0.39, 0.29) is 0 Å². The smallest absolute Gasteiger partial charge is 0.252 e. The van der Waals surface area contributed by atoms with E-state index in [2.05, 4.69) is 65.6 Å². The normalized spacial score (nSPS) is 17.3. The topological polar surface area (TPSA) is 46.3 Å². The number of benzene rings is 2. The highest BCUT2D eigenvalue weighted by molar-refractivity contribution is 7.27. The number of aryl methyl sites for hydroxylation is 1. The summed E-state index contributed by atoms with van der Waals surface area (Å²) in [4.78, 5) is 11.3. The molecule has 3 heterocycles. The van der Waals surface area contributed by atoms with E-state index < -0.39 is 0 Å². The fourth-order valence-corrected chi connectivity index (χ4v) is 4.99. The SMILES string of the molecule is Cc1cc(C2CCCN(Cc3ccc(-c4ccc(Cl)cc4)cc3P)C2)n2ncnc2n1. The zero-order valence-corrected chi connectivity index (χ0v) is 19.4. The number of nitrogens with zero attached hydrogens (tertiary/aromatic N) is 5. The molecule has 5 nitrogen and oxygen atoms in total. The van der Waals surface area contributed by atoms with Gasteiger partial charge in [0.25, 0.3) is 5.78 Å². The van der Waals surface area contributed by atoms with Gasteiger partial charge < -0.3 is 0 Å². The first-order valence-electron chi connectivity index (χ1n) is 10.6. The maximum absolute atomic E-state index is 6.03. The third-order valence-corrected chi connectivity index (χ3v) is 6.84. The summed E-state index contributed by atoms with van der Waals surface area (Å²) in [5.41, 5.74) is 5.96. The van der Waals surface area contributed by atoms with Gasteiger partial charge in [-0.2, -0.15) is 10.1 Å². The first kappa shape index (κ1) is 20.6. The second kappa shape index (κ2) is 8.66. The van der Waals surface area contributed by atoms with E-state index in [4.69, 9.17) is 11.6 Å². The molecule has 5 rings (SSSR count). The molecule has 0 N–H and O–H groups in total. The summed E-state index contributed by atoms with van der Waals surface area (Å²) in [5, 5.41) is 6.42. The predicted octanol–water partition coefficient (Wildman–Crippen LogP) is 4.63. The molecule has 0 saturated carbocycles. The second-order valence-electron chi connectivity index (χ2n) is 8.29. The molecule has 7 heteroatoms. The van der Waals surface area contributed by atoms with E-state index in [0.717, 1.165) is 36.8 Å². The highest BCUT2D eigenvalue weighted by atomic mass is 35.5. The van der Waals surface area contributed by atoms with Crippen LogP contribution in [0.5, 0.6) is 0 Å². The van der Waals surface area contributed by atoms with Gasteiger partial charge in [0, 0.05) is 29.7 Å². The molecule has 4 aromatic rings. The van der Waals surface area contributed by atoms with Crippen LogP contribution in [0.3, 0.4) is 0 Å². The van der Waals surface area contributed by atoms with E-state index in [1.54, 1.807) is 6.33 Å². The van der Waals surface area contributed by atoms with Crippen LogP contribution in [0.15, 0.2) is 54.9 Å². The largest absolute Gasteiger partial charge is 0.298 e. The van der Waals surface area contributed by atoms with E-state index in [9.17, 15) is 0 Å². The number of piperidine rings is 1. The minimum absolute atomic E-state index is 0.431. The molecule has 2 aromatic heterocycles. The van der Waals surface area contributed by atoms with Crippen molar-refractivity contribution in [3.05, 3.63) is 76.8 Å². The first-order valence-corrected chi connectivity index (χ1v) is 11.6. The lowest BCUT2D eigenvalue weighted by atomic mass is 9.93. The van der Waals surface area contributed by atoms with Crippen molar-refractivity contribution in [2.24, 2.45) is 0 Å². The molecule has 0 amide bonds. The number of rotatable bonds is 4. The molecular formula is C24H25ClN5P. The fourth-order valence-electron chi connectivity index (χ4n) is 4.49. The van der Waals surface area contributed by atoms with Crippen LogP contribution in [0, 0.1) is 6.92 Å². The van der Waals surface area contributed by atoms with Crippen molar-refractivity contribution in [2.75, 3.05) is 13.1 Å². The number of hydrogen-bond donors (Lipinski definition) is 0. The summed E-state index contributed by atoms with van der Waals surface area (Å²) in [6.07, 6.45) is 3.93. The Hall–Kier alpha value is -2.33. The summed E-state index contributed by atoms with van der Waals surface area (Å²) in [5.74, 6) is 1.12. The number of aromatic nitrogens is 4. The van der Waals surface area contributed by atoms with E-state index >= 15 is 0 Å². The zero-order valence-electron chi connectivity index (χ0n) is 17.5. The van der Waals surface area contributed by atoms with Gasteiger partial charge in [0.2, 0.25) is 0 Å². The van der Waals surface area contributed by atoms with Crippen molar-refractivity contribution < 1.29 is 0 Å². The summed E-state index contributed by atoms with van der Waals surface area (Å²) < 4.78 is 1.91. The van der Waals surface area contributed by atoms with Crippen LogP contribution in [0.1, 0.15) is 35.7 Å². The first-order chi connectivity index (χ1) is 15.1. The quantitative estimate of drug-likeness (QED) is 0.426. The molecule has 158 valence electrons. The molecule has 1 saturated heterocycles. The fraction of sp³-hybridized carbons (Fsp3) is 0.292. The molecule has 1 aliphatic heterocycles. The molecule has 2 atom stereocenters. The number of fused-ring (bicyclic) bond motifs is 1. The Morgan fingerprint density at radius 2 is 1.90 bits per heavy atom. The van der Waals surface area contributed by atoms with Gasteiger partial charge >= 0.3 is 0 Å². The average molecular weight is 450 g/mol. The standard InChI is InChI=1S/C24H25ClN5P/c1-16-11-22(30-24(28-16)26-15-27-30)19-3-2-10-29(13-19)14-20-5-4-18(12-23(20)31)17-6-8-21(25)9-7-17/h4-9,11-12,15,19H,2-3,10,13-14,31H2,1H3. The minimum Gasteiger partial charge on any atom is -0.298 e. The minimum atomic E-state index is 0.431. The van der Waals surface area contributed by atoms with Crippen LogP contribution < -0.4 is 5.30 Å². The van der Waals surface area contributed by atoms with Crippen LogP contribution in [0.2, 0.25) is 5.02 Å². The van der Waals surface area contributed by atoms with Gasteiger partial charge in [0.05, 0.1) is 5.69 Å². The molecule has 0 bridgehead atoms. The van der Waals surface area contributed by atoms with Gasteiger partial charge in [0.15, 0.2) is 0 Å². The van der Waals surface area contributed by atoms with E-state index in [0.29, 0.717) is 11.7 Å². The van der Waals surface area contributed by atoms with Crippen molar-refractivity contribution in [1.29, 1.82) is 0 Å². The monoisotopic (exact) mass is 449 g/mol. The molecular weight excluding hydrogens is 425 g/mol. The van der Waals surface area contributed by atoms with E-state index in [1.807, 2.05) is 23.6 Å². The summed E-state index contributed by atoms with van der Waals surface area (Å²) >= 11 is 6.03. The van der Waals surface area contributed by atoms with Gasteiger partial charge in [-0.05, 0) is 72.6 Å². The van der Waals surface area contributed by atoms with Crippen molar-refractivity contribution in [3.63, 3.8) is 0 Å². The molecule has 2 aromatic carbocycles. The average Bonchev–Trinajstić information content (AvgIpc) is 3.24. The lowest BCUT2D eigenvalue weighted by Crippen LogP contribution is -2.35. The summed E-state index contributed by atoms with van der Waals surface area (Å²) in [7, 11) is 2.92. The maximum Gasteiger partial charge on any atom is 0.252 e. The highest BCUT2D eigenvalue weighted by Crippen LogP contribution is 2.29. The van der Waals surface area contributed by atoms with Gasteiger partial charge in [0.1, 0.15) is 6.33 Å². The van der Waals surface area contributed by atoms with Crippen LogP contribution >= 0.6 is 20.8 Å². The van der Waals surface area contributed by atoms with Crippen molar-refractivity contribution in [2.45, 2.75) is 32.2 Å². The third kappa shape index (κ3) is 4.36. The predicted molar refractivity (Wildman–Crippen MR) is 129 cm³/mol. The Balaban J connectivity index is 1.34. The molecule has 31 heavy (non-hydrogen) atoms. The van der Waals surface area contributed by atoms with Crippen molar-refractivity contribution in [1.82, 2.24) is 24.5 Å². The summed E-state index contributed by atoms with van der Waals surface area (Å²) in [6.45, 7) is 5.11.